The summed E-state index contributed by atoms with van der Waals surface area (Å²) in [7, 11) is 0. The first kappa shape index (κ1) is 13.6. The molecule has 0 aliphatic heterocycles. The van der Waals surface area contributed by atoms with Gasteiger partial charge in [0.25, 0.3) is 0 Å². The number of rotatable bonds is 5. The van der Waals surface area contributed by atoms with Gasteiger partial charge in [-0.2, -0.15) is 0 Å². The van der Waals surface area contributed by atoms with E-state index in [1.165, 1.54) is 4.88 Å². The molecular weight excluding hydrogens is 342 g/mol. The van der Waals surface area contributed by atoms with Gasteiger partial charge in [-0.05, 0) is 58.2 Å². The number of hydrogen-bond acceptors (Lipinski definition) is 3. The molecule has 15 heavy (non-hydrogen) atoms. The van der Waals surface area contributed by atoms with Crippen molar-refractivity contribution < 1.29 is 5.11 Å². The molecule has 86 valence electrons. The van der Waals surface area contributed by atoms with Crippen LogP contribution in [0, 0.1) is 0 Å². The predicted molar refractivity (Wildman–Crippen MR) is 72.3 cm³/mol. The third-order valence-corrected chi connectivity index (χ3v) is 5.27. The molecule has 1 aromatic heterocycles. The van der Waals surface area contributed by atoms with Gasteiger partial charge in [0.15, 0.2) is 0 Å². The first-order valence-electron chi connectivity index (χ1n) is 4.84. The SMILES string of the molecule is CC(O)CC(C)NCc1cc(Br)c(Br)s1. The van der Waals surface area contributed by atoms with Crippen molar-refractivity contribution in [3.05, 3.63) is 19.2 Å². The van der Waals surface area contributed by atoms with Crippen molar-refractivity contribution in [1.82, 2.24) is 5.32 Å². The standard InChI is InChI=1S/C10H15Br2NOS/c1-6(3-7(2)14)13-5-8-4-9(11)10(12)15-8/h4,6-7,13-14H,3,5H2,1-2H3. The molecule has 2 atom stereocenters. The third-order valence-electron chi connectivity index (χ3n) is 2.02. The van der Waals surface area contributed by atoms with E-state index in [4.69, 9.17) is 0 Å². The van der Waals surface area contributed by atoms with Gasteiger partial charge in [0.05, 0.1) is 9.89 Å². The van der Waals surface area contributed by atoms with Gasteiger partial charge in [-0.1, -0.05) is 0 Å². The number of aliphatic hydroxyl groups is 1. The zero-order valence-electron chi connectivity index (χ0n) is 8.76. The second-order valence-corrected chi connectivity index (χ2v) is 7.01. The molecule has 1 aromatic rings. The van der Waals surface area contributed by atoms with Gasteiger partial charge >= 0.3 is 0 Å². The van der Waals surface area contributed by atoms with Crippen LogP contribution < -0.4 is 5.32 Å². The van der Waals surface area contributed by atoms with E-state index in [1.54, 1.807) is 11.3 Å². The Labute approximate surface area is 111 Å². The van der Waals surface area contributed by atoms with Crippen molar-refractivity contribution in [2.75, 3.05) is 0 Å². The Hall–Kier alpha value is 0.580. The van der Waals surface area contributed by atoms with E-state index in [9.17, 15) is 5.11 Å². The molecule has 0 aliphatic rings. The molecule has 1 heterocycles. The van der Waals surface area contributed by atoms with E-state index in [1.807, 2.05) is 6.92 Å². The van der Waals surface area contributed by atoms with Crippen LogP contribution in [0.4, 0.5) is 0 Å². The molecule has 1 rings (SSSR count). The monoisotopic (exact) mass is 355 g/mol. The average molecular weight is 357 g/mol. The van der Waals surface area contributed by atoms with Crippen LogP contribution in [-0.4, -0.2) is 17.3 Å². The molecule has 0 saturated carbocycles. The van der Waals surface area contributed by atoms with E-state index >= 15 is 0 Å². The highest BCUT2D eigenvalue weighted by atomic mass is 79.9. The number of thiophene rings is 1. The molecule has 0 fully saturated rings. The lowest BCUT2D eigenvalue weighted by Gasteiger charge is -2.14. The van der Waals surface area contributed by atoms with Gasteiger partial charge in [-0.15, -0.1) is 11.3 Å². The van der Waals surface area contributed by atoms with Crippen LogP contribution in [0.3, 0.4) is 0 Å². The minimum absolute atomic E-state index is 0.241. The number of nitrogens with one attached hydrogen (secondary N) is 1. The highest BCUT2D eigenvalue weighted by molar-refractivity contribution is 9.13. The normalized spacial score (nSPS) is 15.3. The van der Waals surface area contributed by atoms with Gasteiger partial charge in [-0.3, -0.25) is 0 Å². The molecule has 2 N–H and O–H groups in total. The summed E-state index contributed by atoms with van der Waals surface area (Å²) < 4.78 is 2.23. The highest BCUT2D eigenvalue weighted by Gasteiger charge is 2.07. The summed E-state index contributed by atoms with van der Waals surface area (Å²) in [4.78, 5) is 1.28. The Morgan fingerprint density at radius 2 is 2.13 bits per heavy atom. The number of aliphatic hydroxyl groups excluding tert-OH is 1. The largest absolute Gasteiger partial charge is 0.393 e. The van der Waals surface area contributed by atoms with Gasteiger partial charge in [0, 0.05) is 21.9 Å². The van der Waals surface area contributed by atoms with Gasteiger partial charge in [0.1, 0.15) is 0 Å². The smallest absolute Gasteiger partial charge is 0.0843 e. The average Bonchev–Trinajstić information content (AvgIpc) is 2.42. The van der Waals surface area contributed by atoms with E-state index < -0.39 is 0 Å². The molecule has 0 spiro atoms. The molecule has 0 bridgehead atoms. The van der Waals surface area contributed by atoms with Crippen molar-refractivity contribution >= 4 is 43.2 Å². The minimum atomic E-state index is -0.241. The summed E-state index contributed by atoms with van der Waals surface area (Å²) in [5.41, 5.74) is 0. The van der Waals surface area contributed by atoms with Crippen LogP contribution in [0.2, 0.25) is 0 Å². The second-order valence-electron chi connectivity index (χ2n) is 3.70. The summed E-state index contributed by atoms with van der Waals surface area (Å²) in [6.45, 7) is 4.75. The van der Waals surface area contributed by atoms with E-state index in [-0.39, 0.29) is 6.10 Å². The van der Waals surface area contributed by atoms with Gasteiger partial charge in [-0.25, -0.2) is 0 Å². The van der Waals surface area contributed by atoms with Crippen molar-refractivity contribution in [2.45, 2.75) is 39.0 Å². The Bertz CT molecular complexity index is 295. The molecule has 0 aromatic carbocycles. The van der Waals surface area contributed by atoms with Crippen LogP contribution in [-0.2, 0) is 6.54 Å². The Kier molecular flexibility index (Phi) is 5.77. The summed E-state index contributed by atoms with van der Waals surface area (Å²) in [6, 6.07) is 2.45. The van der Waals surface area contributed by atoms with Crippen LogP contribution in [0.15, 0.2) is 14.3 Å². The minimum Gasteiger partial charge on any atom is -0.393 e. The molecule has 0 saturated heterocycles. The lowest BCUT2D eigenvalue weighted by atomic mass is 10.1. The van der Waals surface area contributed by atoms with Gasteiger partial charge < -0.3 is 10.4 Å². The molecule has 5 heteroatoms. The summed E-state index contributed by atoms with van der Waals surface area (Å²) in [5.74, 6) is 0. The summed E-state index contributed by atoms with van der Waals surface area (Å²) in [6.07, 6.45) is 0.544. The van der Waals surface area contributed by atoms with Crippen molar-refractivity contribution in [2.24, 2.45) is 0 Å². The molecule has 2 nitrogen and oxygen atoms in total. The lowest BCUT2D eigenvalue weighted by molar-refractivity contribution is 0.170. The Balaban J connectivity index is 2.36. The molecular formula is C10H15Br2NOS. The first-order chi connectivity index (χ1) is 6.99. The quantitative estimate of drug-likeness (QED) is 0.845. The maximum atomic E-state index is 9.22. The van der Waals surface area contributed by atoms with Crippen LogP contribution >= 0.6 is 43.2 Å². The van der Waals surface area contributed by atoms with Crippen molar-refractivity contribution in [1.29, 1.82) is 0 Å². The maximum Gasteiger partial charge on any atom is 0.0843 e. The van der Waals surface area contributed by atoms with Crippen LogP contribution in [0.25, 0.3) is 0 Å². The van der Waals surface area contributed by atoms with Crippen LogP contribution in [0.1, 0.15) is 25.1 Å². The molecule has 2 unspecified atom stereocenters. The van der Waals surface area contributed by atoms with Crippen molar-refractivity contribution in [3.8, 4) is 0 Å². The van der Waals surface area contributed by atoms with E-state index in [2.05, 4.69) is 50.2 Å². The zero-order chi connectivity index (χ0) is 11.4. The summed E-state index contributed by atoms with van der Waals surface area (Å²) in [5, 5.41) is 12.6. The summed E-state index contributed by atoms with van der Waals surface area (Å²) >= 11 is 8.65. The second kappa shape index (κ2) is 6.35. The fraction of sp³-hybridized carbons (Fsp3) is 0.600. The Morgan fingerprint density at radius 1 is 1.47 bits per heavy atom. The Morgan fingerprint density at radius 3 is 2.60 bits per heavy atom. The predicted octanol–water partition coefficient (Wildman–Crippen LogP) is 3.52. The van der Waals surface area contributed by atoms with E-state index in [0.717, 1.165) is 21.2 Å². The third kappa shape index (κ3) is 4.95. The van der Waals surface area contributed by atoms with Gasteiger partial charge in [0.2, 0.25) is 0 Å². The fourth-order valence-electron chi connectivity index (χ4n) is 1.35. The maximum absolute atomic E-state index is 9.22. The zero-order valence-corrected chi connectivity index (χ0v) is 12.7. The number of halogens is 2. The molecule has 0 radical (unpaired) electrons. The number of hydrogen-bond donors (Lipinski definition) is 2. The molecule has 0 amide bonds. The molecule has 0 aliphatic carbocycles. The lowest BCUT2D eigenvalue weighted by Crippen LogP contribution is -2.28. The van der Waals surface area contributed by atoms with Crippen molar-refractivity contribution in [3.63, 3.8) is 0 Å². The fourth-order valence-corrected chi connectivity index (χ4v) is 3.48. The highest BCUT2D eigenvalue weighted by Crippen LogP contribution is 2.32. The first-order valence-corrected chi connectivity index (χ1v) is 7.24. The van der Waals surface area contributed by atoms with E-state index in [0.29, 0.717) is 6.04 Å². The van der Waals surface area contributed by atoms with Crippen LogP contribution in [0.5, 0.6) is 0 Å². The topological polar surface area (TPSA) is 32.3 Å².